The van der Waals surface area contributed by atoms with Crippen LogP contribution in [0.25, 0.3) is 11.7 Å². The second kappa shape index (κ2) is 8.74. The summed E-state index contributed by atoms with van der Waals surface area (Å²) in [5, 5.41) is 10.0. The monoisotopic (exact) mass is 400 g/mol. The molecule has 7 nitrogen and oxygen atoms in total. The molecule has 3 heterocycles. The van der Waals surface area contributed by atoms with Gasteiger partial charge in [0.2, 0.25) is 17.5 Å². The summed E-state index contributed by atoms with van der Waals surface area (Å²) in [7, 11) is 0. The highest BCUT2D eigenvalue weighted by atomic mass is 32.2. The lowest BCUT2D eigenvalue weighted by Crippen LogP contribution is -2.49. The maximum absolute atomic E-state index is 12.6. The van der Waals surface area contributed by atoms with Crippen LogP contribution in [0.5, 0.6) is 0 Å². The Morgan fingerprint density at radius 2 is 2.04 bits per heavy atom. The van der Waals surface area contributed by atoms with Crippen LogP contribution in [0.2, 0.25) is 0 Å². The largest absolute Gasteiger partial charge is 0.459 e. The number of aromatic nitrogens is 1. The fraction of sp³-hybridized carbons (Fsp3) is 0.550. The van der Waals surface area contributed by atoms with E-state index in [1.54, 1.807) is 18.4 Å². The number of anilines is 1. The third kappa shape index (κ3) is 4.20. The zero-order valence-corrected chi connectivity index (χ0v) is 16.6. The van der Waals surface area contributed by atoms with Crippen molar-refractivity contribution in [3.63, 3.8) is 0 Å². The first-order chi connectivity index (χ1) is 13.7. The number of amides is 1. The second-order valence-electron chi connectivity index (χ2n) is 7.20. The minimum Gasteiger partial charge on any atom is -0.459 e. The van der Waals surface area contributed by atoms with Crippen LogP contribution in [0.3, 0.4) is 0 Å². The summed E-state index contributed by atoms with van der Waals surface area (Å²) in [5.41, 5.74) is 0.249. The van der Waals surface area contributed by atoms with Crippen molar-refractivity contribution in [2.75, 3.05) is 36.8 Å². The van der Waals surface area contributed by atoms with Gasteiger partial charge in [-0.15, -0.1) is 11.8 Å². The van der Waals surface area contributed by atoms with E-state index in [1.165, 1.54) is 32.1 Å². The van der Waals surface area contributed by atoms with Crippen molar-refractivity contribution in [2.24, 2.45) is 0 Å². The van der Waals surface area contributed by atoms with Crippen molar-refractivity contribution in [3.05, 3.63) is 24.1 Å². The molecule has 2 fully saturated rings. The van der Waals surface area contributed by atoms with Crippen LogP contribution in [0.4, 0.5) is 5.88 Å². The quantitative estimate of drug-likeness (QED) is 0.759. The van der Waals surface area contributed by atoms with Crippen molar-refractivity contribution in [2.45, 2.75) is 37.4 Å². The van der Waals surface area contributed by atoms with Gasteiger partial charge in [-0.3, -0.25) is 4.79 Å². The topological polar surface area (TPSA) is 86.5 Å². The lowest BCUT2D eigenvalue weighted by atomic mass is 10.0. The highest BCUT2D eigenvalue weighted by Crippen LogP contribution is 2.30. The summed E-state index contributed by atoms with van der Waals surface area (Å²) in [4.78, 5) is 20.7. The number of nitrogens with zero attached hydrogens (tertiary/aromatic N) is 4. The number of rotatable bonds is 5. The summed E-state index contributed by atoms with van der Waals surface area (Å²) in [6.07, 6.45) is 7.95. The molecular formula is C20H24N4O3S. The molecular weight excluding hydrogens is 376 g/mol. The van der Waals surface area contributed by atoms with Crippen molar-refractivity contribution < 1.29 is 13.6 Å². The SMILES string of the molecule is N#Cc1nc(-c2ccco2)oc1N1CCN(C(=O)CSC2CCCCC2)CC1. The number of thioether (sulfide) groups is 1. The van der Waals surface area contributed by atoms with E-state index in [-0.39, 0.29) is 11.6 Å². The van der Waals surface area contributed by atoms with E-state index < -0.39 is 0 Å². The third-order valence-corrected chi connectivity index (χ3v) is 6.72. The molecule has 1 aliphatic carbocycles. The van der Waals surface area contributed by atoms with E-state index in [2.05, 4.69) is 11.1 Å². The van der Waals surface area contributed by atoms with Gasteiger partial charge in [0, 0.05) is 31.4 Å². The van der Waals surface area contributed by atoms with Crippen LogP contribution < -0.4 is 4.90 Å². The van der Waals surface area contributed by atoms with Gasteiger partial charge in [0.15, 0.2) is 5.76 Å². The smallest absolute Gasteiger partial charge is 0.266 e. The van der Waals surface area contributed by atoms with E-state index in [1.807, 2.05) is 21.6 Å². The fourth-order valence-corrected chi connectivity index (χ4v) is 5.00. The minimum absolute atomic E-state index is 0.213. The number of oxazole rings is 1. The van der Waals surface area contributed by atoms with E-state index >= 15 is 0 Å². The van der Waals surface area contributed by atoms with Crippen LogP contribution in [0, 0.1) is 11.3 Å². The summed E-state index contributed by atoms with van der Waals surface area (Å²) in [5.74, 6) is 2.04. The van der Waals surface area contributed by atoms with Crippen LogP contribution in [-0.2, 0) is 4.79 Å². The average Bonchev–Trinajstić information content (AvgIpc) is 3.42. The predicted molar refractivity (Wildman–Crippen MR) is 107 cm³/mol. The zero-order valence-electron chi connectivity index (χ0n) is 15.8. The van der Waals surface area contributed by atoms with Crippen LogP contribution in [-0.4, -0.2) is 53.0 Å². The number of carbonyl (C=O) groups is 1. The Balaban J connectivity index is 1.32. The van der Waals surface area contributed by atoms with Crippen molar-refractivity contribution in [1.82, 2.24) is 9.88 Å². The van der Waals surface area contributed by atoms with E-state index in [4.69, 9.17) is 8.83 Å². The van der Waals surface area contributed by atoms with Gasteiger partial charge in [-0.2, -0.15) is 10.2 Å². The number of hydrogen-bond acceptors (Lipinski definition) is 7. The second-order valence-corrected chi connectivity index (χ2v) is 8.49. The maximum Gasteiger partial charge on any atom is 0.266 e. The summed E-state index contributed by atoms with van der Waals surface area (Å²) >= 11 is 1.82. The molecule has 4 rings (SSSR count). The Kier molecular flexibility index (Phi) is 5.91. The molecule has 1 saturated heterocycles. The lowest BCUT2D eigenvalue weighted by molar-refractivity contribution is -0.128. The van der Waals surface area contributed by atoms with Gasteiger partial charge < -0.3 is 18.6 Å². The number of piperazine rings is 1. The Bertz CT molecular complexity index is 828. The van der Waals surface area contributed by atoms with E-state index in [0.717, 1.165) is 0 Å². The molecule has 0 radical (unpaired) electrons. The van der Waals surface area contributed by atoms with Gasteiger partial charge in [0.25, 0.3) is 5.89 Å². The fourth-order valence-electron chi connectivity index (χ4n) is 3.78. The molecule has 1 saturated carbocycles. The van der Waals surface area contributed by atoms with Gasteiger partial charge in [0.05, 0.1) is 12.0 Å². The molecule has 2 aliphatic rings. The van der Waals surface area contributed by atoms with Gasteiger partial charge in [-0.25, -0.2) is 0 Å². The molecule has 1 aliphatic heterocycles. The van der Waals surface area contributed by atoms with Crippen LogP contribution in [0.15, 0.2) is 27.2 Å². The summed E-state index contributed by atoms with van der Waals surface area (Å²) < 4.78 is 11.1. The van der Waals surface area contributed by atoms with E-state index in [9.17, 15) is 10.1 Å². The molecule has 28 heavy (non-hydrogen) atoms. The first-order valence-electron chi connectivity index (χ1n) is 9.83. The molecule has 1 amide bonds. The minimum atomic E-state index is 0.213. The van der Waals surface area contributed by atoms with Gasteiger partial charge in [0.1, 0.15) is 6.07 Å². The summed E-state index contributed by atoms with van der Waals surface area (Å²) in [6.45, 7) is 2.51. The normalized spacial score (nSPS) is 18.2. The van der Waals surface area contributed by atoms with Gasteiger partial charge >= 0.3 is 0 Å². The molecule has 148 valence electrons. The molecule has 8 heteroatoms. The predicted octanol–water partition coefficient (Wildman–Crippen LogP) is 3.52. The van der Waals surface area contributed by atoms with Crippen LogP contribution in [0.1, 0.15) is 37.8 Å². The highest BCUT2D eigenvalue weighted by molar-refractivity contribution is 8.00. The maximum atomic E-state index is 12.6. The Labute approximate surface area is 168 Å². The molecule has 0 bridgehead atoms. The number of carbonyl (C=O) groups excluding carboxylic acids is 1. The average molecular weight is 401 g/mol. The first kappa shape index (κ1) is 18.9. The van der Waals surface area contributed by atoms with Crippen molar-refractivity contribution >= 4 is 23.6 Å². The highest BCUT2D eigenvalue weighted by Gasteiger charge is 2.27. The Morgan fingerprint density at radius 3 is 2.71 bits per heavy atom. The molecule has 0 aromatic carbocycles. The van der Waals surface area contributed by atoms with E-state index in [0.29, 0.717) is 54.7 Å². The molecule has 0 spiro atoms. The standard InChI is InChI=1S/C20H24N4O3S/c21-13-16-20(27-19(22-16)17-7-4-12-26-17)24-10-8-23(9-11-24)18(25)14-28-15-5-2-1-3-6-15/h4,7,12,15H,1-3,5-6,8-11,14H2. The van der Waals surface area contributed by atoms with Gasteiger partial charge in [-0.05, 0) is 25.0 Å². The molecule has 0 N–H and O–H groups in total. The number of hydrogen-bond donors (Lipinski definition) is 0. The van der Waals surface area contributed by atoms with Crippen LogP contribution >= 0.6 is 11.8 Å². The lowest BCUT2D eigenvalue weighted by Gasteiger charge is -2.34. The Hall–Kier alpha value is -2.40. The van der Waals surface area contributed by atoms with Crippen molar-refractivity contribution in [1.29, 1.82) is 5.26 Å². The number of furan rings is 1. The van der Waals surface area contributed by atoms with Gasteiger partial charge in [-0.1, -0.05) is 19.3 Å². The third-order valence-electron chi connectivity index (χ3n) is 5.36. The molecule has 2 aromatic rings. The molecule has 2 aromatic heterocycles. The Morgan fingerprint density at radius 1 is 1.25 bits per heavy atom. The summed E-state index contributed by atoms with van der Waals surface area (Å²) in [6, 6.07) is 5.59. The zero-order chi connectivity index (χ0) is 19.3. The molecule has 0 unspecified atom stereocenters. The number of nitriles is 1. The van der Waals surface area contributed by atoms with Crippen molar-refractivity contribution in [3.8, 4) is 17.7 Å². The molecule has 0 atom stereocenters. The first-order valence-corrected chi connectivity index (χ1v) is 10.9.